The van der Waals surface area contributed by atoms with Crippen molar-refractivity contribution >= 4 is 5.91 Å². The van der Waals surface area contributed by atoms with Crippen LogP contribution in [0.4, 0.5) is 0 Å². The molecular formula is C14H23NO2. The summed E-state index contributed by atoms with van der Waals surface area (Å²) >= 11 is 0. The highest BCUT2D eigenvalue weighted by molar-refractivity contribution is 5.79. The Morgan fingerprint density at radius 1 is 1.06 bits per heavy atom. The smallest absolute Gasteiger partial charge is 0.223 e. The number of hydrogen-bond acceptors (Lipinski definition) is 2. The Kier molecular flexibility index (Phi) is 3.12. The minimum Gasteiger partial charge on any atom is -0.393 e. The van der Waals surface area contributed by atoms with Crippen LogP contribution in [0.15, 0.2) is 0 Å². The fourth-order valence-electron chi connectivity index (χ4n) is 3.67. The summed E-state index contributed by atoms with van der Waals surface area (Å²) in [5.74, 6) is 2.97. The van der Waals surface area contributed by atoms with Crippen molar-refractivity contribution in [1.29, 1.82) is 0 Å². The number of amides is 1. The second-order valence-electron chi connectivity index (χ2n) is 6.34. The number of rotatable bonds is 3. The van der Waals surface area contributed by atoms with Crippen molar-refractivity contribution < 1.29 is 9.90 Å². The van der Waals surface area contributed by atoms with E-state index in [1.165, 1.54) is 6.42 Å². The number of carbonyl (C=O) groups is 1. The zero-order valence-electron chi connectivity index (χ0n) is 10.4. The van der Waals surface area contributed by atoms with Gasteiger partial charge in [-0.15, -0.1) is 0 Å². The van der Waals surface area contributed by atoms with E-state index in [4.69, 9.17) is 0 Å². The summed E-state index contributed by atoms with van der Waals surface area (Å²) in [4.78, 5) is 12.0. The maximum Gasteiger partial charge on any atom is 0.223 e. The molecule has 0 saturated heterocycles. The molecule has 2 atom stereocenters. The Hall–Kier alpha value is -0.570. The van der Waals surface area contributed by atoms with Crippen LogP contribution in [-0.4, -0.2) is 23.7 Å². The molecule has 1 amide bonds. The van der Waals surface area contributed by atoms with Gasteiger partial charge in [0.25, 0.3) is 0 Å². The Morgan fingerprint density at radius 2 is 1.71 bits per heavy atom. The monoisotopic (exact) mass is 237 g/mol. The SMILES string of the molecule is O=C(NCC1CCC(O)CC1)C1CC2CC2C1. The van der Waals surface area contributed by atoms with Crippen molar-refractivity contribution in [2.75, 3.05) is 6.54 Å². The van der Waals surface area contributed by atoms with Gasteiger partial charge in [0.05, 0.1) is 6.10 Å². The number of nitrogens with one attached hydrogen (secondary N) is 1. The predicted octanol–water partition coefficient (Wildman–Crippen LogP) is 1.70. The van der Waals surface area contributed by atoms with Crippen molar-refractivity contribution in [3.8, 4) is 0 Å². The number of carbonyl (C=O) groups excluding carboxylic acids is 1. The Bertz CT molecular complexity index is 287. The summed E-state index contributed by atoms with van der Waals surface area (Å²) < 4.78 is 0. The Morgan fingerprint density at radius 3 is 2.35 bits per heavy atom. The molecule has 0 aromatic heterocycles. The quantitative estimate of drug-likeness (QED) is 0.785. The van der Waals surface area contributed by atoms with Crippen molar-refractivity contribution in [1.82, 2.24) is 5.32 Å². The lowest BCUT2D eigenvalue weighted by Crippen LogP contribution is -2.35. The van der Waals surface area contributed by atoms with Gasteiger partial charge >= 0.3 is 0 Å². The summed E-state index contributed by atoms with van der Waals surface area (Å²) in [6.07, 6.45) is 7.52. The van der Waals surface area contributed by atoms with Crippen LogP contribution in [0.2, 0.25) is 0 Å². The number of aliphatic hydroxyl groups excluding tert-OH is 1. The molecule has 2 N–H and O–H groups in total. The standard InChI is InChI=1S/C14H23NO2/c16-13-3-1-9(2-4-13)8-15-14(17)12-6-10-5-11(10)7-12/h9-13,16H,1-8H2,(H,15,17). The molecule has 0 aromatic rings. The third-order valence-electron chi connectivity index (χ3n) is 5.00. The number of aliphatic hydroxyl groups is 1. The molecule has 3 fully saturated rings. The highest BCUT2D eigenvalue weighted by Gasteiger charge is 2.47. The van der Waals surface area contributed by atoms with E-state index in [-0.39, 0.29) is 6.10 Å². The molecule has 3 saturated carbocycles. The van der Waals surface area contributed by atoms with Crippen molar-refractivity contribution in [3.63, 3.8) is 0 Å². The van der Waals surface area contributed by atoms with Crippen LogP contribution in [0, 0.1) is 23.7 Å². The fourth-order valence-corrected chi connectivity index (χ4v) is 3.67. The van der Waals surface area contributed by atoms with E-state index in [0.717, 1.165) is 56.9 Å². The van der Waals surface area contributed by atoms with E-state index >= 15 is 0 Å². The van der Waals surface area contributed by atoms with E-state index in [1.54, 1.807) is 0 Å². The van der Waals surface area contributed by atoms with Crippen LogP contribution in [0.1, 0.15) is 44.9 Å². The largest absolute Gasteiger partial charge is 0.393 e. The van der Waals surface area contributed by atoms with Crippen LogP contribution in [0.5, 0.6) is 0 Å². The molecule has 3 nitrogen and oxygen atoms in total. The third kappa shape index (κ3) is 2.65. The van der Waals surface area contributed by atoms with Crippen LogP contribution >= 0.6 is 0 Å². The highest BCUT2D eigenvalue weighted by atomic mass is 16.3. The van der Waals surface area contributed by atoms with Gasteiger partial charge in [-0.25, -0.2) is 0 Å². The first-order chi connectivity index (χ1) is 8.22. The molecule has 3 aliphatic rings. The van der Waals surface area contributed by atoms with Crippen LogP contribution in [0.3, 0.4) is 0 Å². The van der Waals surface area contributed by atoms with Crippen LogP contribution in [0.25, 0.3) is 0 Å². The molecule has 17 heavy (non-hydrogen) atoms. The first-order valence-corrected chi connectivity index (χ1v) is 7.18. The summed E-state index contributed by atoms with van der Waals surface area (Å²) in [5, 5.41) is 12.6. The van der Waals surface area contributed by atoms with Crippen molar-refractivity contribution in [2.24, 2.45) is 23.7 Å². The minimum absolute atomic E-state index is 0.0936. The molecule has 3 rings (SSSR count). The second-order valence-corrected chi connectivity index (χ2v) is 6.34. The van der Waals surface area contributed by atoms with Crippen molar-refractivity contribution in [2.45, 2.75) is 51.0 Å². The normalized spacial score (nSPS) is 44.2. The number of fused-ring (bicyclic) bond motifs is 1. The van der Waals surface area contributed by atoms with Crippen LogP contribution < -0.4 is 5.32 Å². The molecule has 0 spiro atoms. The molecular weight excluding hydrogens is 214 g/mol. The van der Waals surface area contributed by atoms with Crippen molar-refractivity contribution in [3.05, 3.63) is 0 Å². The lowest BCUT2D eigenvalue weighted by Gasteiger charge is -2.26. The minimum atomic E-state index is -0.0936. The molecule has 0 heterocycles. The van der Waals surface area contributed by atoms with Gasteiger partial charge < -0.3 is 10.4 Å². The van der Waals surface area contributed by atoms with Crippen LogP contribution in [-0.2, 0) is 4.79 Å². The molecule has 0 aliphatic heterocycles. The van der Waals surface area contributed by atoms with Gasteiger partial charge in [0, 0.05) is 12.5 Å². The third-order valence-corrected chi connectivity index (χ3v) is 5.00. The lowest BCUT2D eigenvalue weighted by molar-refractivity contribution is -0.125. The van der Waals surface area contributed by atoms with Gasteiger partial charge in [-0.2, -0.15) is 0 Å². The summed E-state index contributed by atoms with van der Waals surface area (Å²) in [6.45, 7) is 0.831. The summed E-state index contributed by atoms with van der Waals surface area (Å²) in [7, 11) is 0. The van der Waals surface area contributed by atoms with E-state index in [9.17, 15) is 9.90 Å². The molecule has 3 aliphatic carbocycles. The highest BCUT2D eigenvalue weighted by Crippen LogP contribution is 2.54. The molecule has 0 aromatic carbocycles. The molecule has 0 bridgehead atoms. The maximum absolute atomic E-state index is 12.0. The lowest BCUT2D eigenvalue weighted by atomic mass is 9.87. The van der Waals surface area contributed by atoms with E-state index in [2.05, 4.69) is 5.32 Å². The molecule has 2 unspecified atom stereocenters. The average molecular weight is 237 g/mol. The number of hydrogen-bond donors (Lipinski definition) is 2. The molecule has 0 radical (unpaired) electrons. The van der Waals surface area contributed by atoms with E-state index in [0.29, 0.717) is 17.7 Å². The first-order valence-electron chi connectivity index (χ1n) is 7.18. The summed E-state index contributed by atoms with van der Waals surface area (Å²) in [6, 6.07) is 0. The van der Waals surface area contributed by atoms with Gasteiger partial charge in [0.1, 0.15) is 0 Å². The Balaban J connectivity index is 1.37. The Labute approximate surface area is 103 Å². The summed E-state index contributed by atoms with van der Waals surface area (Å²) in [5.41, 5.74) is 0. The van der Waals surface area contributed by atoms with E-state index in [1.807, 2.05) is 0 Å². The molecule has 96 valence electrons. The van der Waals surface area contributed by atoms with Gasteiger partial charge in [0.2, 0.25) is 5.91 Å². The zero-order chi connectivity index (χ0) is 11.8. The topological polar surface area (TPSA) is 49.3 Å². The van der Waals surface area contributed by atoms with E-state index < -0.39 is 0 Å². The second kappa shape index (κ2) is 4.60. The molecule has 3 heteroatoms. The zero-order valence-corrected chi connectivity index (χ0v) is 10.4. The predicted molar refractivity (Wildman–Crippen MR) is 65.3 cm³/mol. The fraction of sp³-hybridized carbons (Fsp3) is 0.929. The maximum atomic E-state index is 12.0. The van der Waals surface area contributed by atoms with Gasteiger partial charge in [-0.1, -0.05) is 0 Å². The first kappa shape index (κ1) is 11.5. The van der Waals surface area contributed by atoms with Gasteiger partial charge in [0.15, 0.2) is 0 Å². The van der Waals surface area contributed by atoms with Gasteiger partial charge in [-0.3, -0.25) is 4.79 Å². The average Bonchev–Trinajstić information content (AvgIpc) is 2.95. The van der Waals surface area contributed by atoms with Gasteiger partial charge in [-0.05, 0) is 62.7 Å².